The summed E-state index contributed by atoms with van der Waals surface area (Å²) in [5, 5.41) is 0.573. The predicted molar refractivity (Wildman–Crippen MR) is 158 cm³/mol. The highest BCUT2D eigenvalue weighted by molar-refractivity contribution is 6.15. The molecular weight excluding hydrogens is 516 g/mol. The van der Waals surface area contributed by atoms with Crippen LogP contribution in [0.25, 0.3) is 28.4 Å². The second-order valence-corrected chi connectivity index (χ2v) is 10.9. The number of hydrogen-bond acceptors (Lipinski definition) is 6. The number of Topliss-reactive ketones (excluding diaryl/α,β-unsaturated/α-hetero) is 1. The zero-order valence-electron chi connectivity index (χ0n) is 23.2. The summed E-state index contributed by atoms with van der Waals surface area (Å²) in [6.07, 6.45) is 1.72. The largest absolute Gasteiger partial charge is 0.497 e. The summed E-state index contributed by atoms with van der Waals surface area (Å²) >= 11 is 0. The minimum Gasteiger partial charge on any atom is -0.497 e. The Kier molecular flexibility index (Phi) is 6.46. The summed E-state index contributed by atoms with van der Waals surface area (Å²) in [5.41, 5.74) is 4.05. The molecule has 0 radical (unpaired) electrons. The molecule has 2 heterocycles. The Labute approximate surface area is 237 Å². The maximum atomic E-state index is 13.6. The fraction of sp³-hybridized carbons (Fsp3) is 0.143. The molecule has 0 saturated heterocycles. The van der Waals surface area contributed by atoms with E-state index in [9.17, 15) is 9.59 Å². The Hall–Kier alpha value is -5.10. The molecule has 1 aliphatic heterocycles. The zero-order chi connectivity index (χ0) is 28.7. The molecule has 6 nitrogen and oxygen atoms in total. The van der Waals surface area contributed by atoms with Gasteiger partial charge < -0.3 is 18.6 Å². The Balaban J connectivity index is 1.29. The third-order valence-corrected chi connectivity index (χ3v) is 7.06. The molecule has 4 aromatic carbocycles. The van der Waals surface area contributed by atoms with Crippen molar-refractivity contribution in [2.45, 2.75) is 26.2 Å². The molecule has 0 saturated carbocycles. The smallest absolute Gasteiger partial charge is 0.348 e. The molecule has 5 aromatic rings. The van der Waals surface area contributed by atoms with Crippen molar-refractivity contribution in [1.82, 2.24) is 0 Å². The van der Waals surface area contributed by atoms with Gasteiger partial charge in [0.05, 0.1) is 12.7 Å². The summed E-state index contributed by atoms with van der Waals surface area (Å²) in [5.74, 6) is 0.949. The highest BCUT2D eigenvalue weighted by Crippen LogP contribution is 2.38. The number of hydrogen-bond donors (Lipinski definition) is 0. The van der Waals surface area contributed by atoms with Gasteiger partial charge in [-0.3, -0.25) is 4.79 Å². The molecule has 0 spiro atoms. The van der Waals surface area contributed by atoms with Gasteiger partial charge in [-0.2, -0.15) is 0 Å². The standard InChI is InChI=1S/C35H28O6/c1-35(2,3)23-12-10-21(11-13-23)18-30-32(36)26-16-14-25(20-29(26)40-30)39-34(37)31-27-19-24(38-4)15-17-28(27)41-33(31)22-8-6-5-7-9-22/h5-20H,1-4H3/b30-18-. The number of furan rings is 1. The Bertz CT molecular complexity index is 1820. The van der Waals surface area contributed by atoms with Gasteiger partial charge >= 0.3 is 5.97 Å². The highest BCUT2D eigenvalue weighted by atomic mass is 16.5. The summed E-state index contributed by atoms with van der Waals surface area (Å²) in [6.45, 7) is 6.46. The predicted octanol–water partition coefficient (Wildman–Crippen LogP) is 8.24. The SMILES string of the molecule is COc1ccc2oc(-c3ccccc3)c(C(=O)Oc3ccc4c(c3)O/C(=C\c3ccc(C(C)(C)C)cc3)C4=O)c2c1. The van der Waals surface area contributed by atoms with Gasteiger partial charge in [0.15, 0.2) is 5.76 Å². The number of ketones is 1. The summed E-state index contributed by atoms with van der Waals surface area (Å²) in [6, 6.07) is 27.4. The Morgan fingerprint density at radius 3 is 2.29 bits per heavy atom. The zero-order valence-corrected chi connectivity index (χ0v) is 23.2. The quantitative estimate of drug-likeness (QED) is 0.126. The molecule has 6 heteroatoms. The monoisotopic (exact) mass is 544 g/mol. The number of esters is 1. The van der Waals surface area contributed by atoms with Crippen molar-refractivity contribution in [2.75, 3.05) is 7.11 Å². The van der Waals surface area contributed by atoms with E-state index < -0.39 is 5.97 Å². The van der Waals surface area contributed by atoms with Crippen LogP contribution in [0.15, 0.2) is 101 Å². The molecule has 41 heavy (non-hydrogen) atoms. The lowest BCUT2D eigenvalue weighted by Crippen LogP contribution is -2.10. The summed E-state index contributed by atoms with van der Waals surface area (Å²) in [7, 11) is 1.56. The molecule has 0 fully saturated rings. The minimum atomic E-state index is -0.602. The van der Waals surface area contributed by atoms with Crippen molar-refractivity contribution in [3.05, 3.63) is 119 Å². The number of carbonyl (C=O) groups excluding carboxylic acids is 2. The average molecular weight is 545 g/mol. The average Bonchev–Trinajstić information content (AvgIpc) is 3.50. The van der Waals surface area contributed by atoms with E-state index in [-0.39, 0.29) is 28.3 Å². The molecule has 0 amide bonds. The normalized spacial score (nSPS) is 13.8. The number of allylic oxidation sites excluding steroid dienone is 1. The first kappa shape index (κ1) is 26.1. The lowest BCUT2D eigenvalue weighted by atomic mass is 9.86. The van der Waals surface area contributed by atoms with Gasteiger partial charge in [0.25, 0.3) is 0 Å². The lowest BCUT2D eigenvalue weighted by molar-refractivity contribution is 0.0736. The molecule has 204 valence electrons. The summed E-state index contributed by atoms with van der Waals surface area (Å²) < 4.78 is 23.2. The molecule has 0 bridgehead atoms. The van der Waals surface area contributed by atoms with Gasteiger partial charge in [-0.15, -0.1) is 0 Å². The van der Waals surface area contributed by atoms with Crippen LogP contribution in [0.4, 0.5) is 0 Å². The first-order valence-corrected chi connectivity index (χ1v) is 13.3. The van der Waals surface area contributed by atoms with E-state index in [1.54, 1.807) is 49.6 Å². The van der Waals surface area contributed by atoms with Gasteiger partial charge in [0.2, 0.25) is 5.78 Å². The number of rotatable bonds is 5. The molecule has 0 unspecified atom stereocenters. The van der Waals surface area contributed by atoms with Crippen LogP contribution in [0.1, 0.15) is 52.6 Å². The summed E-state index contributed by atoms with van der Waals surface area (Å²) in [4.78, 5) is 26.6. The number of fused-ring (bicyclic) bond motifs is 2. The number of carbonyl (C=O) groups is 2. The third kappa shape index (κ3) is 5.00. The van der Waals surface area contributed by atoms with Crippen LogP contribution < -0.4 is 14.2 Å². The van der Waals surface area contributed by atoms with Crippen LogP contribution in [-0.4, -0.2) is 18.9 Å². The van der Waals surface area contributed by atoms with E-state index in [0.717, 1.165) is 11.1 Å². The van der Waals surface area contributed by atoms with Crippen LogP contribution >= 0.6 is 0 Å². The maximum Gasteiger partial charge on any atom is 0.348 e. The fourth-order valence-electron chi connectivity index (χ4n) is 4.82. The van der Waals surface area contributed by atoms with Crippen molar-refractivity contribution in [2.24, 2.45) is 0 Å². The van der Waals surface area contributed by atoms with Crippen LogP contribution in [0.2, 0.25) is 0 Å². The first-order valence-electron chi connectivity index (χ1n) is 13.3. The van der Waals surface area contributed by atoms with Crippen LogP contribution in [0.5, 0.6) is 17.2 Å². The van der Waals surface area contributed by atoms with Crippen molar-refractivity contribution in [3.63, 3.8) is 0 Å². The van der Waals surface area contributed by atoms with E-state index in [1.165, 1.54) is 5.56 Å². The first-order chi connectivity index (χ1) is 19.7. The molecular formula is C35H28O6. The highest BCUT2D eigenvalue weighted by Gasteiger charge is 2.29. The second-order valence-electron chi connectivity index (χ2n) is 10.9. The van der Waals surface area contributed by atoms with Gasteiger partial charge in [0.1, 0.15) is 34.2 Å². The molecule has 1 aromatic heterocycles. The van der Waals surface area contributed by atoms with E-state index >= 15 is 0 Å². The van der Waals surface area contributed by atoms with E-state index in [4.69, 9.17) is 18.6 Å². The Morgan fingerprint density at radius 1 is 0.854 bits per heavy atom. The van der Waals surface area contributed by atoms with Crippen LogP contribution in [0.3, 0.4) is 0 Å². The Morgan fingerprint density at radius 2 is 1.59 bits per heavy atom. The van der Waals surface area contributed by atoms with Crippen LogP contribution in [0, 0.1) is 0 Å². The molecule has 0 atom stereocenters. The fourth-order valence-corrected chi connectivity index (χ4v) is 4.82. The third-order valence-electron chi connectivity index (χ3n) is 7.06. The van der Waals surface area contributed by atoms with Crippen LogP contribution in [-0.2, 0) is 5.41 Å². The lowest BCUT2D eigenvalue weighted by Gasteiger charge is -2.18. The molecule has 1 aliphatic rings. The number of ether oxygens (including phenoxy) is 3. The van der Waals surface area contributed by atoms with E-state index in [1.807, 2.05) is 42.5 Å². The van der Waals surface area contributed by atoms with Crippen molar-refractivity contribution < 1.29 is 28.2 Å². The molecule has 0 N–H and O–H groups in total. The number of benzene rings is 4. The van der Waals surface area contributed by atoms with E-state index in [2.05, 4.69) is 32.9 Å². The van der Waals surface area contributed by atoms with Gasteiger partial charge in [-0.1, -0.05) is 75.4 Å². The van der Waals surface area contributed by atoms with Gasteiger partial charge in [-0.25, -0.2) is 4.79 Å². The maximum absolute atomic E-state index is 13.6. The minimum absolute atomic E-state index is 0.0338. The molecule has 0 aliphatic carbocycles. The second kappa shape index (κ2) is 10.1. The van der Waals surface area contributed by atoms with Gasteiger partial charge in [-0.05, 0) is 52.9 Å². The van der Waals surface area contributed by atoms with Crippen molar-refractivity contribution in [3.8, 4) is 28.6 Å². The van der Waals surface area contributed by atoms with Gasteiger partial charge in [0, 0.05) is 17.0 Å². The number of methoxy groups -OCH3 is 1. The topological polar surface area (TPSA) is 75.0 Å². The van der Waals surface area contributed by atoms with E-state index in [0.29, 0.717) is 33.8 Å². The molecule has 6 rings (SSSR count). The van der Waals surface area contributed by atoms with Crippen molar-refractivity contribution >= 4 is 28.8 Å². The van der Waals surface area contributed by atoms with Crippen molar-refractivity contribution in [1.29, 1.82) is 0 Å².